The van der Waals surface area contributed by atoms with Crippen LogP contribution in [-0.2, 0) is 10.8 Å². The molecule has 0 aliphatic heterocycles. The van der Waals surface area contributed by atoms with Gasteiger partial charge in [0.25, 0.3) is 0 Å². The van der Waals surface area contributed by atoms with Crippen molar-refractivity contribution in [1.29, 1.82) is 0 Å². The van der Waals surface area contributed by atoms with Crippen LogP contribution in [0.4, 0.5) is 0 Å². The fourth-order valence-electron chi connectivity index (χ4n) is 9.22. The Hall–Kier alpha value is -4.16. The largest absolute Gasteiger partial charge is 0.107 e. The van der Waals surface area contributed by atoms with Gasteiger partial charge in [0.05, 0.1) is 6.78 Å². The van der Waals surface area contributed by atoms with Crippen molar-refractivity contribution in [3.05, 3.63) is 231 Å². The molecule has 0 aromatic heterocycles. The highest BCUT2D eigenvalue weighted by atomic mass is 79.9. The zero-order valence-electron chi connectivity index (χ0n) is 27.7. The van der Waals surface area contributed by atoms with E-state index in [1.165, 1.54) is 66.8 Å². The van der Waals surface area contributed by atoms with Gasteiger partial charge in [-0.05, 0) is 130 Å². The summed E-state index contributed by atoms with van der Waals surface area (Å²) in [4.78, 5) is 0. The SMILES string of the molecule is BrC(Br)=CC#CC12c3ccccc3C(c3ccccc31)c1ccccc12.BrC(Br)=CC#CC12c3ccccc3C(c3ccccc31)c1ccccc12. The van der Waals surface area contributed by atoms with Gasteiger partial charge >= 0.3 is 0 Å². The van der Waals surface area contributed by atoms with Crippen molar-refractivity contribution in [2.24, 2.45) is 0 Å². The molecule has 0 N–H and O–H groups in total. The highest BCUT2D eigenvalue weighted by molar-refractivity contribution is 9.28. The van der Waals surface area contributed by atoms with E-state index in [1.54, 1.807) is 0 Å². The molecule has 0 unspecified atom stereocenters. The molecule has 248 valence electrons. The fraction of sp³-hybridized carbons (Fsp3) is 0.0833. The van der Waals surface area contributed by atoms with E-state index < -0.39 is 10.8 Å². The van der Waals surface area contributed by atoms with E-state index in [-0.39, 0.29) is 0 Å². The summed E-state index contributed by atoms with van der Waals surface area (Å²) in [6, 6.07) is 52.7. The molecular formula is C48H28Br4. The first-order chi connectivity index (χ1) is 25.5. The average Bonchev–Trinajstić information content (AvgIpc) is 3.18. The normalized spacial score (nSPS) is 20.9. The number of hydrogen-bond donors (Lipinski definition) is 0. The lowest BCUT2D eigenvalue weighted by atomic mass is 9.53. The minimum atomic E-state index is -0.426. The van der Waals surface area contributed by atoms with Crippen molar-refractivity contribution in [2.75, 3.05) is 0 Å². The molecule has 0 heterocycles. The number of allylic oxidation sites excluding steroid dienone is 2. The molecule has 0 spiro atoms. The molecule has 6 aromatic rings. The maximum Gasteiger partial charge on any atom is 0.107 e. The fourth-order valence-corrected chi connectivity index (χ4v) is 9.68. The summed E-state index contributed by atoms with van der Waals surface area (Å²) >= 11 is 13.7. The van der Waals surface area contributed by atoms with Crippen LogP contribution in [0.25, 0.3) is 0 Å². The maximum atomic E-state index is 3.64. The number of rotatable bonds is 0. The van der Waals surface area contributed by atoms with Crippen LogP contribution in [0, 0.1) is 23.7 Å². The molecule has 0 radical (unpaired) electrons. The molecule has 0 nitrogen and oxygen atoms in total. The summed E-state index contributed by atoms with van der Waals surface area (Å²) in [5.41, 5.74) is 15.3. The minimum absolute atomic E-state index is 0.292. The standard InChI is InChI=1S/2C24H14Br2/c2*25-22(26)14-7-15-24-19-11-4-1-8-16(19)23(17-9-2-5-12-20(17)24)18-10-3-6-13-21(18)24/h2*1-6,8-14,23H. The number of hydrogen-bond acceptors (Lipinski definition) is 0. The van der Waals surface area contributed by atoms with Gasteiger partial charge in [0.2, 0.25) is 0 Å². The van der Waals surface area contributed by atoms with Gasteiger partial charge in [-0.1, -0.05) is 169 Å². The Morgan fingerprint density at radius 3 is 0.788 bits per heavy atom. The van der Waals surface area contributed by atoms with E-state index in [1.807, 2.05) is 12.2 Å². The average molecular weight is 924 g/mol. The first kappa shape index (κ1) is 33.7. The van der Waals surface area contributed by atoms with Crippen LogP contribution < -0.4 is 0 Å². The molecule has 52 heavy (non-hydrogen) atoms. The van der Waals surface area contributed by atoms with E-state index in [4.69, 9.17) is 0 Å². The second kappa shape index (κ2) is 13.4. The van der Waals surface area contributed by atoms with Crippen molar-refractivity contribution in [2.45, 2.75) is 22.7 Å². The van der Waals surface area contributed by atoms with Gasteiger partial charge < -0.3 is 0 Å². The van der Waals surface area contributed by atoms with Crippen LogP contribution in [0.15, 0.2) is 165 Å². The predicted octanol–water partition coefficient (Wildman–Crippen LogP) is 12.9. The smallest absolute Gasteiger partial charge is 0.0770 e. The third-order valence-electron chi connectivity index (χ3n) is 10.9. The van der Waals surface area contributed by atoms with E-state index in [0.29, 0.717) is 11.8 Å². The molecule has 0 atom stereocenters. The molecule has 0 fully saturated rings. The summed E-state index contributed by atoms with van der Waals surface area (Å²) in [7, 11) is 0. The summed E-state index contributed by atoms with van der Waals surface area (Å²) in [5.74, 6) is 14.4. The second-order valence-electron chi connectivity index (χ2n) is 13.3. The molecular weight excluding hydrogens is 896 g/mol. The molecule has 12 rings (SSSR count). The molecule has 0 saturated heterocycles. The number of halogens is 4. The maximum absolute atomic E-state index is 3.64. The Balaban J connectivity index is 0.000000138. The summed E-state index contributed by atoms with van der Waals surface area (Å²) in [6.45, 7) is 0. The van der Waals surface area contributed by atoms with Crippen molar-refractivity contribution in [3.8, 4) is 23.7 Å². The van der Waals surface area contributed by atoms with Gasteiger partial charge in [0.1, 0.15) is 10.8 Å². The molecule has 6 aliphatic rings. The topological polar surface area (TPSA) is 0 Å². The Labute approximate surface area is 338 Å². The Bertz CT molecular complexity index is 2200. The third-order valence-corrected chi connectivity index (χ3v) is 11.9. The van der Waals surface area contributed by atoms with Crippen molar-refractivity contribution >= 4 is 63.7 Å². The Morgan fingerprint density at radius 2 is 0.577 bits per heavy atom. The second-order valence-corrected chi connectivity index (χ2v) is 18.8. The van der Waals surface area contributed by atoms with Gasteiger partial charge in [0.15, 0.2) is 0 Å². The highest BCUT2D eigenvalue weighted by Crippen LogP contribution is 2.60. The van der Waals surface area contributed by atoms with Crippen LogP contribution in [0.3, 0.4) is 0 Å². The lowest BCUT2D eigenvalue weighted by Gasteiger charge is -2.48. The van der Waals surface area contributed by atoms with Crippen LogP contribution in [0.2, 0.25) is 0 Å². The quantitative estimate of drug-likeness (QED) is 0.133. The van der Waals surface area contributed by atoms with E-state index in [2.05, 4.69) is 233 Å². The molecule has 4 bridgehead atoms. The first-order valence-corrected chi connectivity index (χ1v) is 20.3. The summed E-state index contributed by atoms with van der Waals surface area (Å²) < 4.78 is 1.71. The highest BCUT2D eigenvalue weighted by Gasteiger charge is 2.52. The lowest BCUT2D eigenvalue weighted by Crippen LogP contribution is -2.41. The van der Waals surface area contributed by atoms with Crippen LogP contribution in [-0.4, -0.2) is 0 Å². The molecule has 0 saturated carbocycles. The van der Waals surface area contributed by atoms with Gasteiger partial charge in [-0.15, -0.1) is 0 Å². The van der Waals surface area contributed by atoms with E-state index in [9.17, 15) is 0 Å². The van der Waals surface area contributed by atoms with Gasteiger partial charge in [-0.25, -0.2) is 0 Å². The Kier molecular flexibility index (Phi) is 8.65. The summed E-state index contributed by atoms with van der Waals surface area (Å²) in [6.07, 6.45) is 3.73. The summed E-state index contributed by atoms with van der Waals surface area (Å²) in [5, 5.41) is 0. The molecule has 6 aromatic carbocycles. The lowest BCUT2D eigenvalue weighted by molar-refractivity contribution is 0.666. The van der Waals surface area contributed by atoms with Gasteiger partial charge in [0, 0.05) is 24.0 Å². The van der Waals surface area contributed by atoms with Crippen LogP contribution in [0.5, 0.6) is 0 Å². The van der Waals surface area contributed by atoms with Crippen molar-refractivity contribution in [1.82, 2.24) is 0 Å². The molecule has 4 heteroatoms. The third kappa shape index (κ3) is 4.99. The zero-order valence-corrected chi connectivity index (χ0v) is 34.0. The first-order valence-electron chi connectivity index (χ1n) is 17.1. The van der Waals surface area contributed by atoms with E-state index in [0.717, 1.165) is 6.78 Å². The van der Waals surface area contributed by atoms with Crippen LogP contribution >= 0.6 is 63.7 Å². The zero-order chi connectivity index (χ0) is 35.5. The Morgan fingerprint density at radius 1 is 0.365 bits per heavy atom. The minimum Gasteiger partial charge on any atom is -0.0770 e. The molecule has 0 amide bonds. The molecule has 6 aliphatic carbocycles. The predicted molar refractivity (Wildman–Crippen MR) is 228 cm³/mol. The van der Waals surface area contributed by atoms with Crippen molar-refractivity contribution < 1.29 is 0 Å². The van der Waals surface area contributed by atoms with Crippen LogP contribution in [0.1, 0.15) is 78.6 Å². The van der Waals surface area contributed by atoms with E-state index >= 15 is 0 Å². The van der Waals surface area contributed by atoms with Gasteiger partial charge in [-0.3, -0.25) is 0 Å². The van der Waals surface area contributed by atoms with Crippen molar-refractivity contribution in [3.63, 3.8) is 0 Å². The number of benzene rings is 6. The van der Waals surface area contributed by atoms with Gasteiger partial charge in [-0.2, -0.15) is 0 Å². The monoisotopic (exact) mass is 920 g/mol.